The topological polar surface area (TPSA) is 142 Å². The summed E-state index contributed by atoms with van der Waals surface area (Å²) >= 11 is 0. The van der Waals surface area contributed by atoms with E-state index in [2.05, 4.69) is 30.8 Å². The van der Waals surface area contributed by atoms with E-state index >= 15 is 0 Å². The van der Waals surface area contributed by atoms with Gasteiger partial charge in [-0.15, -0.1) is 0 Å². The molecule has 0 saturated heterocycles. The molecule has 4 N–H and O–H groups in total. The van der Waals surface area contributed by atoms with Crippen molar-refractivity contribution in [3.05, 3.63) is 54.1 Å². The summed E-state index contributed by atoms with van der Waals surface area (Å²) in [4.78, 5) is 45.5. The molecule has 216 valence electrons. The lowest BCUT2D eigenvalue weighted by Crippen LogP contribution is -2.47. The molecule has 0 fully saturated rings. The second-order valence-corrected chi connectivity index (χ2v) is 10.4. The summed E-state index contributed by atoms with van der Waals surface area (Å²) in [6.07, 6.45) is -1.32. The lowest BCUT2D eigenvalue weighted by Gasteiger charge is -2.30. The summed E-state index contributed by atoms with van der Waals surface area (Å²) in [5.74, 6) is -1.01. The van der Waals surface area contributed by atoms with E-state index in [0.717, 1.165) is 18.6 Å². The number of carbonyl (C=O) groups is 3. The normalized spacial score (nSPS) is 13.4. The van der Waals surface area contributed by atoms with Crippen LogP contribution in [0.5, 0.6) is 0 Å². The Balaban J connectivity index is 1.68. The predicted molar refractivity (Wildman–Crippen MR) is 141 cm³/mol. The van der Waals surface area contributed by atoms with Crippen LogP contribution in [0.15, 0.2) is 42.7 Å². The zero-order chi connectivity index (χ0) is 29.5. The number of alkyl carbamates (subject to hydrolysis) is 1. The summed E-state index contributed by atoms with van der Waals surface area (Å²) in [5, 5.41) is 11.2. The highest BCUT2D eigenvalue weighted by molar-refractivity contribution is 6.42. The number of hydrogen-bond acceptors (Lipinski definition) is 6. The number of hydrogen-bond donors (Lipinski definition) is 4. The minimum absolute atomic E-state index is 0.172. The fourth-order valence-electron chi connectivity index (χ4n) is 3.80. The first-order chi connectivity index (χ1) is 18.8. The predicted octanol–water partition coefficient (Wildman–Crippen LogP) is 5.27. The van der Waals surface area contributed by atoms with Gasteiger partial charge in [-0.05, 0) is 29.5 Å². The van der Waals surface area contributed by atoms with Crippen molar-refractivity contribution in [3.63, 3.8) is 0 Å². The molecule has 0 spiro atoms. The first-order valence-electron chi connectivity index (χ1n) is 12.8. The molecule has 3 rings (SSSR count). The molecule has 0 aliphatic rings. The van der Waals surface area contributed by atoms with Crippen molar-refractivity contribution >= 4 is 23.6 Å². The van der Waals surface area contributed by atoms with E-state index < -0.39 is 47.1 Å². The van der Waals surface area contributed by atoms with Gasteiger partial charge in [0.05, 0.1) is 23.7 Å². The Morgan fingerprint density at radius 1 is 1.07 bits per heavy atom. The number of aromatic nitrogens is 4. The number of anilines is 1. The van der Waals surface area contributed by atoms with Gasteiger partial charge in [-0.25, -0.2) is 9.78 Å². The largest absolute Gasteiger partial charge is 0.445 e. The number of nitrogens with one attached hydrogen (secondary N) is 4. The summed E-state index contributed by atoms with van der Waals surface area (Å²) < 4.78 is 44.3. The van der Waals surface area contributed by atoms with E-state index in [-0.39, 0.29) is 18.7 Å². The number of Topliss-reactive ketones (excluding diaryl/α,β-unsaturated/α-hetero) is 1. The number of ketones is 1. The monoisotopic (exact) mass is 562 g/mol. The highest BCUT2D eigenvalue weighted by atomic mass is 19.4. The molecule has 0 aliphatic heterocycles. The summed E-state index contributed by atoms with van der Waals surface area (Å²) in [5.41, 5.74) is -0.269. The third-order valence-corrected chi connectivity index (χ3v) is 6.17. The zero-order valence-corrected chi connectivity index (χ0v) is 22.7. The third-order valence-electron chi connectivity index (χ3n) is 6.17. The lowest BCUT2D eigenvalue weighted by atomic mass is 9.87. The number of aromatic amines is 2. The number of H-pyrrole nitrogens is 2. The van der Waals surface area contributed by atoms with Crippen molar-refractivity contribution in [1.29, 1.82) is 0 Å². The SMILES string of the molecule is CCCC[C@H](NC(=O)O[C@H](Cc1ncc(-c2ccc(C(F)(F)F)cc2)[nH]1)C(C)(C)C)C(=O)C(=O)Nc1ccn[nH]1. The molecule has 0 saturated carbocycles. The van der Waals surface area contributed by atoms with Crippen LogP contribution in [-0.2, 0) is 26.9 Å². The molecule has 0 aliphatic carbocycles. The Morgan fingerprint density at radius 3 is 2.35 bits per heavy atom. The van der Waals surface area contributed by atoms with Gasteiger partial charge in [0.25, 0.3) is 5.91 Å². The number of ether oxygens (including phenoxy) is 1. The molecule has 13 heteroatoms. The van der Waals surface area contributed by atoms with Crippen molar-refractivity contribution in [2.24, 2.45) is 5.41 Å². The van der Waals surface area contributed by atoms with Gasteiger partial charge in [0.2, 0.25) is 5.78 Å². The van der Waals surface area contributed by atoms with E-state index in [9.17, 15) is 27.6 Å². The van der Waals surface area contributed by atoms with Gasteiger partial charge in [-0.2, -0.15) is 18.3 Å². The first kappa shape index (κ1) is 30.4. The van der Waals surface area contributed by atoms with Crippen LogP contribution in [0.3, 0.4) is 0 Å². The Bertz CT molecular complexity index is 1280. The Labute approximate surface area is 229 Å². The quantitative estimate of drug-likeness (QED) is 0.235. The molecule has 0 unspecified atom stereocenters. The Kier molecular flexibility index (Phi) is 9.72. The van der Waals surface area contributed by atoms with Crippen LogP contribution in [0.25, 0.3) is 11.3 Å². The van der Waals surface area contributed by atoms with Crippen molar-refractivity contribution in [1.82, 2.24) is 25.5 Å². The summed E-state index contributed by atoms with van der Waals surface area (Å²) in [7, 11) is 0. The van der Waals surface area contributed by atoms with E-state index in [0.29, 0.717) is 23.5 Å². The van der Waals surface area contributed by atoms with Gasteiger partial charge >= 0.3 is 12.3 Å². The van der Waals surface area contributed by atoms with Gasteiger partial charge in [0, 0.05) is 12.5 Å². The van der Waals surface area contributed by atoms with E-state index in [4.69, 9.17) is 4.74 Å². The number of imidazole rings is 1. The zero-order valence-electron chi connectivity index (χ0n) is 22.7. The number of benzene rings is 1. The minimum atomic E-state index is -4.43. The molecular weight excluding hydrogens is 529 g/mol. The van der Waals surface area contributed by atoms with Crippen LogP contribution < -0.4 is 10.6 Å². The van der Waals surface area contributed by atoms with Crippen LogP contribution >= 0.6 is 0 Å². The van der Waals surface area contributed by atoms with Gasteiger partial charge in [-0.3, -0.25) is 14.7 Å². The average molecular weight is 563 g/mol. The molecule has 2 atom stereocenters. The van der Waals surface area contributed by atoms with Crippen LogP contribution in [0.1, 0.15) is 58.3 Å². The van der Waals surface area contributed by atoms with Crippen LogP contribution in [0.4, 0.5) is 23.8 Å². The van der Waals surface area contributed by atoms with Gasteiger partial charge in [-0.1, -0.05) is 52.7 Å². The highest BCUT2D eigenvalue weighted by Crippen LogP contribution is 2.31. The van der Waals surface area contributed by atoms with Crippen molar-refractivity contribution in [2.45, 2.75) is 71.7 Å². The fourth-order valence-corrected chi connectivity index (χ4v) is 3.80. The van der Waals surface area contributed by atoms with E-state index in [1.54, 1.807) is 0 Å². The number of carbonyl (C=O) groups excluding carboxylic acids is 3. The van der Waals surface area contributed by atoms with E-state index in [1.807, 2.05) is 27.7 Å². The van der Waals surface area contributed by atoms with Crippen molar-refractivity contribution in [3.8, 4) is 11.3 Å². The number of amides is 2. The maximum atomic E-state index is 12.9. The molecule has 10 nitrogen and oxygen atoms in total. The number of unbranched alkanes of at least 4 members (excludes halogenated alkanes) is 1. The number of halogens is 3. The van der Waals surface area contributed by atoms with E-state index in [1.165, 1.54) is 30.6 Å². The average Bonchev–Trinajstić information content (AvgIpc) is 3.57. The molecule has 0 radical (unpaired) electrons. The third kappa shape index (κ3) is 8.42. The van der Waals surface area contributed by atoms with Crippen molar-refractivity contribution in [2.75, 3.05) is 5.32 Å². The Hall–Kier alpha value is -4.16. The van der Waals surface area contributed by atoms with Crippen LogP contribution in [-0.4, -0.2) is 50.1 Å². The molecule has 3 aromatic rings. The smallest absolute Gasteiger partial charge is 0.416 e. The fraction of sp³-hybridized carbons (Fsp3) is 0.444. The molecule has 2 heterocycles. The lowest BCUT2D eigenvalue weighted by molar-refractivity contribution is -0.137. The molecular formula is C27H33F3N6O4. The van der Waals surface area contributed by atoms with Gasteiger partial charge < -0.3 is 20.4 Å². The van der Waals surface area contributed by atoms with Gasteiger partial charge in [0.1, 0.15) is 23.8 Å². The molecule has 2 aromatic heterocycles. The van der Waals surface area contributed by atoms with Gasteiger partial charge in [0.15, 0.2) is 0 Å². The molecule has 2 amide bonds. The standard InChI is InChI=1S/C27H33F3N6O4/c1-5-6-7-18(23(37)24(38)35-21-12-13-32-36-21)34-25(39)40-20(26(2,3)4)14-22-31-15-19(33-22)16-8-10-17(11-9-16)27(28,29)30/h8-13,15,18,20H,5-7,14H2,1-4H3,(H,31,33)(H,34,39)(H2,32,35,36,38)/t18-,20+/m0/s1. The van der Waals surface area contributed by atoms with Crippen LogP contribution in [0.2, 0.25) is 0 Å². The van der Waals surface area contributed by atoms with Crippen LogP contribution in [0, 0.1) is 5.41 Å². The minimum Gasteiger partial charge on any atom is -0.445 e. The molecule has 1 aromatic carbocycles. The second kappa shape index (κ2) is 12.8. The highest BCUT2D eigenvalue weighted by Gasteiger charge is 2.33. The number of nitrogens with zero attached hydrogens (tertiary/aromatic N) is 2. The summed E-state index contributed by atoms with van der Waals surface area (Å²) in [6, 6.07) is 5.08. The summed E-state index contributed by atoms with van der Waals surface area (Å²) in [6.45, 7) is 7.51. The number of alkyl halides is 3. The second-order valence-electron chi connectivity index (χ2n) is 10.4. The Morgan fingerprint density at radius 2 is 1.77 bits per heavy atom. The number of rotatable bonds is 11. The van der Waals surface area contributed by atoms with Crippen molar-refractivity contribution < 1.29 is 32.3 Å². The maximum Gasteiger partial charge on any atom is 0.416 e. The maximum absolute atomic E-state index is 12.9. The molecule has 40 heavy (non-hydrogen) atoms. The molecule has 0 bridgehead atoms. The first-order valence-corrected chi connectivity index (χ1v) is 12.8.